The van der Waals surface area contributed by atoms with E-state index >= 15 is 0 Å². The number of carbonyl (C=O) groups excluding carboxylic acids is 2. The first-order valence-corrected chi connectivity index (χ1v) is 10.6. The molecule has 0 unspecified atom stereocenters. The molecule has 1 aliphatic heterocycles. The molecule has 2 aromatic rings. The quantitative estimate of drug-likeness (QED) is 0.549. The van der Waals surface area contributed by atoms with Crippen molar-refractivity contribution in [1.29, 1.82) is 0 Å². The summed E-state index contributed by atoms with van der Waals surface area (Å²) in [6.45, 7) is 3.35. The van der Waals surface area contributed by atoms with E-state index in [-0.39, 0.29) is 11.8 Å². The van der Waals surface area contributed by atoms with Crippen LogP contribution in [0.4, 0.5) is 0 Å². The number of benzene rings is 2. The summed E-state index contributed by atoms with van der Waals surface area (Å²) in [5.41, 5.74) is 3.78. The van der Waals surface area contributed by atoms with Crippen LogP contribution >= 0.6 is 0 Å². The van der Waals surface area contributed by atoms with Crippen LogP contribution in [0.2, 0.25) is 0 Å². The first-order valence-electron chi connectivity index (χ1n) is 10.6. The highest BCUT2D eigenvalue weighted by atomic mass is 16.6. The van der Waals surface area contributed by atoms with Crippen LogP contribution in [-0.4, -0.2) is 56.9 Å². The van der Waals surface area contributed by atoms with Gasteiger partial charge in [0, 0.05) is 18.4 Å². The average molecular weight is 424 g/mol. The molecule has 1 heterocycles. The maximum atomic E-state index is 12.9. The SMILES string of the molecule is Cc1ccccc1C1=NO[C@H](C(=O)N[C@@H](Cc2ccccc2)C(=O)NCC[NH+](C)C)C1. The zero-order chi connectivity index (χ0) is 22.2. The number of quaternary nitrogens is 1. The smallest absolute Gasteiger partial charge is 0.265 e. The van der Waals surface area contributed by atoms with Gasteiger partial charge in [-0.1, -0.05) is 59.8 Å². The Hall–Kier alpha value is -3.19. The van der Waals surface area contributed by atoms with Crippen molar-refractivity contribution in [1.82, 2.24) is 10.6 Å². The van der Waals surface area contributed by atoms with Crippen LogP contribution in [0.25, 0.3) is 0 Å². The number of carbonyl (C=O) groups is 2. The van der Waals surface area contributed by atoms with Crippen molar-refractivity contribution >= 4 is 17.5 Å². The topological polar surface area (TPSA) is 84.2 Å². The largest absolute Gasteiger partial charge is 0.382 e. The van der Waals surface area contributed by atoms with Gasteiger partial charge in [0.05, 0.1) is 32.9 Å². The zero-order valence-corrected chi connectivity index (χ0v) is 18.4. The Labute approximate surface area is 183 Å². The maximum Gasteiger partial charge on any atom is 0.265 e. The number of amides is 2. The van der Waals surface area contributed by atoms with Gasteiger partial charge in [-0.25, -0.2) is 0 Å². The Balaban J connectivity index is 1.63. The van der Waals surface area contributed by atoms with Crippen molar-refractivity contribution in [2.75, 3.05) is 27.2 Å². The number of rotatable bonds is 9. The molecule has 2 atom stereocenters. The van der Waals surface area contributed by atoms with Gasteiger partial charge >= 0.3 is 0 Å². The predicted octanol–water partition coefficient (Wildman–Crippen LogP) is 0.476. The molecule has 7 heteroatoms. The number of nitrogens with one attached hydrogen (secondary N) is 3. The van der Waals surface area contributed by atoms with E-state index in [1.165, 1.54) is 4.90 Å². The van der Waals surface area contributed by atoms with Crippen molar-refractivity contribution in [2.24, 2.45) is 5.16 Å². The molecule has 0 aromatic heterocycles. The third kappa shape index (κ3) is 6.39. The number of hydrogen-bond acceptors (Lipinski definition) is 4. The van der Waals surface area contributed by atoms with Gasteiger partial charge in [-0.2, -0.15) is 0 Å². The summed E-state index contributed by atoms with van der Waals surface area (Å²) < 4.78 is 0. The second kappa shape index (κ2) is 10.7. The molecule has 0 bridgehead atoms. The van der Waals surface area contributed by atoms with E-state index in [0.29, 0.717) is 19.4 Å². The van der Waals surface area contributed by atoms with Crippen LogP contribution in [0.3, 0.4) is 0 Å². The Morgan fingerprint density at radius 3 is 2.55 bits per heavy atom. The minimum Gasteiger partial charge on any atom is -0.382 e. The van der Waals surface area contributed by atoms with Crippen molar-refractivity contribution in [3.05, 3.63) is 71.3 Å². The summed E-state index contributed by atoms with van der Waals surface area (Å²) in [4.78, 5) is 32.4. The van der Waals surface area contributed by atoms with Crippen LogP contribution in [0.15, 0.2) is 59.8 Å². The second-order valence-electron chi connectivity index (χ2n) is 8.15. The van der Waals surface area contributed by atoms with Gasteiger partial charge in [0.2, 0.25) is 12.0 Å². The van der Waals surface area contributed by atoms with Crippen molar-refractivity contribution < 1.29 is 19.3 Å². The van der Waals surface area contributed by atoms with Crippen LogP contribution in [-0.2, 0) is 20.8 Å². The van der Waals surface area contributed by atoms with Crippen molar-refractivity contribution in [3.8, 4) is 0 Å². The first-order chi connectivity index (χ1) is 14.9. The molecule has 3 rings (SSSR count). The number of aryl methyl sites for hydroxylation is 1. The molecule has 31 heavy (non-hydrogen) atoms. The highest BCUT2D eigenvalue weighted by Crippen LogP contribution is 2.19. The lowest BCUT2D eigenvalue weighted by atomic mass is 9.99. The van der Waals surface area contributed by atoms with Gasteiger partial charge in [0.15, 0.2) is 0 Å². The molecule has 0 radical (unpaired) electrons. The molecule has 1 aliphatic rings. The first kappa shape index (κ1) is 22.5. The van der Waals surface area contributed by atoms with Gasteiger partial charge in [-0.3, -0.25) is 9.59 Å². The Morgan fingerprint density at radius 2 is 1.84 bits per heavy atom. The summed E-state index contributed by atoms with van der Waals surface area (Å²) >= 11 is 0. The molecule has 3 N–H and O–H groups in total. The van der Waals surface area contributed by atoms with Crippen molar-refractivity contribution in [2.45, 2.75) is 31.9 Å². The normalized spacial score (nSPS) is 16.4. The third-order valence-corrected chi connectivity index (χ3v) is 5.26. The summed E-state index contributed by atoms with van der Waals surface area (Å²) in [5.74, 6) is -0.529. The summed E-state index contributed by atoms with van der Waals surface area (Å²) in [5, 5.41) is 9.93. The number of nitrogens with zero attached hydrogens (tertiary/aromatic N) is 1. The van der Waals surface area contributed by atoms with E-state index in [4.69, 9.17) is 4.84 Å². The summed E-state index contributed by atoms with van der Waals surface area (Å²) in [6.07, 6.45) is 0.0399. The fourth-order valence-electron chi connectivity index (χ4n) is 3.46. The molecule has 0 saturated heterocycles. The summed E-state index contributed by atoms with van der Waals surface area (Å²) in [7, 11) is 4.05. The molecule has 0 spiro atoms. The fraction of sp³-hybridized carbons (Fsp3) is 0.375. The molecule has 0 saturated carbocycles. The summed E-state index contributed by atoms with van der Waals surface area (Å²) in [6, 6.07) is 16.8. The van der Waals surface area contributed by atoms with Crippen LogP contribution in [0.1, 0.15) is 23.1 Å². The molecule has 0 aliphatic carbocycles. The number of likely N-dealkylation sites (N-methyl/N-ethyl adjacent to an activating group) is 1. The van der Waals surface area contributed by atoms with Crippen LogP contribution in [0.5, 0.6) is 0 Å². The standard InChI is InChI=1S/C24H30N4O3/c1-17-9-7-8-12-19(17)20-16-22(31-27-20)24(30)26-21(15-18-10-5-4-6-11-18)23(29)25-13-14-28(2)3/h4-12,21-22H,13-16H2,1-3H3,(H,25,29)(H,26,30)/p+1/t21-,22-/m0/s1. The van der Waals surface area contributed by atoms with Gasteiger partial charge in [0.25, 0.3) is 5.91 Å². The highest BCUT2D eigenvalue weighted by Gasteiger charge is 2.32. The maximum absolute atomic E-state index is 12.9. The van der Waals surface area contributed by atoms with E-state index in [9.17, 15) is 9.59 Å². The second-order valence-corrected chi connectivity index (χ2v) is 8.15. The minimum absolute atomic E-state index is 0.198. The monoisotopic (exact) mass is 423 g/mol. The Kier molecular flexibility index (Phi) is 7.78. The van der Waals surface area contributed by atoms with E-state index in [1.807, 2.05) is 75.6 Å². The third-order valence-electron chi connectivity index (χ3n) is 5.26. The van der Waals surface area contributed by atoms with Crippen LogP contribution < -0.4 is 15.5 Å². The van der Waals surface area contributed by atoms with E-state index in [2.05, 4.69) is 15.8 Å². The molecule has 7 nitrogen and oxygen atoms in total. The van der Waals surface area contributed by atoms with E-state index in [1.54, 1.807) is 0 Å². The van der Waals surface area contributed by atoms with Crippen molar-refractivity contribution in [3.63, 3.8) is 0 Å². The predicted molar refractivity (Wildman–Crippen MR) is 120 cm³/mol. The molecule has 2 aromatic carbocycles. The zero-order valence-electron chi connectivity index (χ0n) is 18.4. The molecule has 164 valence electrons. The van der Waals surface area contributed by atoms with Gasteiger partial charge in [-0.15, -0.1) is 0 Å². The average Bonchev–Trinajstić information content (AvgIpc) is 3.24. The Morgan fingerprint density at radius 1 is 1.13 bits per heavy atom. The number of oxime groups is 1. The van der Waals surface area contributed by atoms with E-state index in [0.717, 1.165) is 28.9 Å². The van der Waals surface area contributed by atoms with E-state index < -0.39 is 12.1 Å². The minimum atomic E-state index is -0.744. The lowest BCUT2D eigenvalue weighted by molar-refractivity contribution is -0.856. The number of hydrogen-bond donors (Lipinski definition) is 3. The highest BCUT2D eigenvalue weighted by molar-refractivity contribution is 6.05. The van der Waals surface area contributed by atoms with Gasteiger partial charge in [0.1, 0.15) is 6.04 Å². The molecular formula is C24H31N4O3+. The lowest BCUT2D eigenvalue weighted by Gasteiger charge is -2.20. The Bertz CT molecular complexity index is 927. The molecule has 0 fully saturated rings. The van der Waals surface area contributed by atoms with Gasteiger partial charge in [-0.05, 0) is 18.1 Å². The van der Waals surface area contributed by atoms with Crippen LogP contribution in [0, 0.1) is 6.92 Å². The fourth-order valence-corrected chi connectivity index (χ4v) is 3.46. The molecular weight excluding hydrogens is 392 g/mol. The molecule has 2 amide bonds. The van der Waals surface area contributed by atoms with Gasteiger partial charge < -0.3 is 20.4 Å². The lowest BCUT2D eigenvalue weighted by Crippen LogP contribution is -3.06.